The van der Waals surface area contributed by atoms with Gasteiger partial charge in [0.2, 0.25) is 0 Å². The zero-order valence-corrected chi connectivity index (χ0v) is 15.6. The molecule has 0 spiro atoms. The molecule has 1 atom stereocenters. The van der Waals surface area contributed by atoms with E-state index >= 15 is 0 Å². The van der Waals surface area contributed by atoms with Gasteiger partial charge in [0.15, 0.2) is 0 Å². The number of nitrogens with zero attached hydrogens (tertiary/aromatic N) is 2. The van der Waals surface area contributed by atoms with Crippen LogP contribution >= 0.6 is 11.6 Å². The first-order valence-corrected chi connectivity index (χ1v) is 9.08. The lowest BCUT2D eigenvalue weighted by molar-refractivity contribution is -0.137. The van der Waals surface area contributed by atoms with Crippen molar-refractivity contribution >= 4 is 23.1 Å². The van der Waals surface area contributed by atoms with Gasteiger partial charge >= 0.3 is 6.18 Å². The summed E-state index contributed by atoms with van der Waals surface area (Å²) in [6.07, 6.45) is -3.34. The molecule has 0 aliphatic carbocycles. The Kier molecular flexibility index (Phi) is 5.06. The molecule has 2 heterocycles. The van der Waals surface area contributed by atoms with E-state index in [9.17, 15) is 18.3 Å². The molecule has 9 heteroatoms. The molecule has 0 fully saturated rings. The summed E-state index contributed by atoms with van der Waals surface area (Å²) in [6.45, 7) is 0.168. The number of halogens is 4. The number of aliphatic hydroxyl groups excluding tert-OH is 1. The van der Waals surface area contributed by atoms with Gasteiger partial charge in [-0.05, 0) is 24.3 Å². The van der Waals surface area contributed by atoms with Crippen molar-refractivity contribution in [2.75, 3.05) is 11.9 Å². The fourth-order valence-corrected chi connectivity index (χ4v) is 3.33. The van der Waals surface area contributed by atoms with Gasteiger partial charge in [0.25, 0.3) is 0 Å². The van der Waals surface area contributed by atoms with Crippen molar-refractivity contribution in [3.05, 3.63) is 64.9 Å². The number of benzene rings is 2. The lowest BCUT2D eigenvalue weighted by Crippen LogP contribution is -2.26. The van der Waals surface area contributed by atoms with Crippen LogP contribution in [0.5, 0.6) is 5.75 Å². The minimum absolute atomic E-state index is 0.168. The van der Waals surface area contributed by atoms with Crippen LogP contribution in [0, 0.1) is 0 Å². The van der Waals surface area contributed by atoms with Crippen LogP contribution in [-0.4, -0.2) is 27.8 Å². The fraction of sp³-hybridized carbons (Fsp3) is 0.200. The molecule has 1 unspecified atom stereocenters. The van der Waals surface area contributed by atoms with Crippen molar-refractivity contribution in [3.63, 3.8) is 0 Å². The zero-order valence-electron chi connectivity index (χ0n) is 14.9. The van der Waals surface area contributed by atoms with Crippen molar-refractivity contribution in [1.29, 1.82) is 0 Å². The molecule has 29 heavy (non-hydrogen) atoms. The Morgan fingerprint density at radius 3 is 2.59 bits per heavy atom. The van der Waals surface area contributed by atoms with Gasteiger partial charge in [0.05, 0.1) is 22.4 Å². The number of anilines is 2. The van der Waals surface area contributed by atoms with Gasteiger partial charge in [-0.15, -0.1) is 0 Å². The summed E-state index contributed by atoms with van der Waals surface area (Å²) < 4.78 is 43.8. The summed E-state index contributed by atoms with van der Waals surface area (Å²) in [5.74, 6) is 0.957. The second-order valence-corrected chi connectivity index (χ2v) is 6.97. The van der Waals surface area contributed by atoms with Crippen molar-refractivity contribution < 1.29 is 23.0 Å². The number of alkyl halides is 3. The molecular formula is C20H15ClF3N3O2. The number of hydrogen-bond acceptors (Lipinski definition) is 5. The smallest absolute Gasteiger partial charge is 0.416 e. The molecular weight excluding hydrogens is 407 g/mol. The maximum absolute atomic E-state index is 12.7. The molecule has 4 rings (SSSR count). The molecule has 150 valence electrons. The van der Waals surface area contributed by atoms with Crippen LogP contribution < -0.4 is 10.1 Å². The number of nitrogens with one attached hydrogen (secondary N) is 1. The Morgan fingerprint density at radius 2 is 1.86 bits per heavy atom. The molecule has 2 aromatic carbocycles. The maximum Gasteiger partial charge on any atom is 0.416 e. The second-order valence-electron chi connectivity index (χ2n) is 6.56. The number of rotatable bonds is 3. The SMILES string of the molecule is OC1COc2c(Cl)ccc(Nc3cc(-c4ccc(C(F)(F)F)cc4)ncn3)c2C1. The van der Waals surface area contributed by atoms with E-state index in [0.717, 1.165) is 17.7 Å². The maximum atomic E-state index is 12.7. The predicted molar refractivity (Wildman–Crippen MR) is 102 cm³/mol. The van der Waals surface area contributed by atoms with Gasteiger partial charge in [-0.3, -0.25) is 0 Å². The van der Waals surface area contributed by atoms with Crippen molar-refractivity contribution in [3.8, 4) is 17.0 Å². The van der Waals surface area contributed by atoms with Crippen LogP contribution in [0.3, 0.4) is 0 Å². The highest BCUT2D eigenvalue weighted by Crippen LogP contribution is 2.39. The largest absolute Gasteiger partial charge is 0.489 e. The number of ether oxygens (including phenoxy) is 1. The summed E-state index contributed by atoms with van der Waals surface area (Å²) in [5.41, 5.74) is 1.67. The first-order valence-electron chi connectivity index (χ1n) is 8.70. The van der Waals surface area contributed by atoms with E-state index in [1.165, 1.54) is 18.5 Å². The topological polar surface area (TPSA) is 67.3 Å². The number of hydrogen-bond donors (Lipinski definition) is 2. The Balaban J connectivity index is 1.62. The van der Waals surface area contributed by atoms with Crippen LogP contribution in [0.1, 0.15) is 11.1 Å². The molecule has 0 radical (unpaired) electrons. The molecule has 2 N–H and O–H groups in total. The molecule has 3 aromatic rings. The summed E-state index contributed by atoms with van der Waals surface area (Å²) in [6, 6.07) is 9.81. The zero-order chi connectivity index (χ0) is 20.6. The highest BCUT2D eigenvalue weighted by atomic mass is 35.5. The molecule has 1 aliphatic heterocycles. The van der Waals surface area contributed by atoms with Gasteiger partial charge in [-0.1, -0.05) is 23.7 Å². The van der Waals surface area contributed by atoms with Crippen LogP contribution in [0.25, 0.3) is 11.3 Å². The standard InChI is InChI=1S/C20H15ClF3N3O2/c21-15-5-6-16(14-7-13(28)9-29-19(14)15)27-18-8-17(25-10-26-18)11-1-3-12(4-2-11)20(22,23)24/h1-6,8,10,13,28H,7,9H2,(H,25,26,27). The lowest BCUT2D eigenvalue weighted by atomic mass is 10.0. The lowest BCUT2D eigenvalue weighted by Gasteiger charge is -2.25. The average Bonchev–Trinajstić information content (AvgIpc) is 2.70. The Morgan fingerprint density at radius 1 is 1.10 bits per heavy atom. The third-order valence-electron chi connectivity index (χ3n) is 4.51. The van der Waals surface area contributed by atoms with Crippen molar-refractivity contribution in [1.82, 2.24) is 9.97 Å². The van der Waals surface area contributed by atoms with E-state index in [-0.39, 0.29) is 6.61 Å². The van der Waals surface area contributed by atoms with Gasteiger partial charge in [0, 0.05) is 29.3 Å². The van der Waals surface area contributed by atoms with Crippen LogP contribution in [-0.2, 0) is 12.6 Å². The summed E-state index contributed by atoms with van der Waals surface area (Å²) >= 11 is 6.17. The number of aliphatic hydroxyl groups is 1. The van der Waals surface area contributed by atoms with Crippen molar-refractivity contribution in [2.24, 2.45) is 0 Å². The van der Waals surface area contributed by atoms with Gasteiger partial charge < -0.3 is 15.2 Å². The average molecular weight is 422 g/mol. The van der Waals surface area contributed by atoms with Crippen LogP contribution in [0.2, 0.25) is 5.02 Å². The summed E-state index contributed by atoms with van der Waals surface area (Å²) in [5, 5.41) is 13.5. The quantitative estimate of drug-likeness (QED) is 0.632. The molecule has 1 aliphatic rings. The van der Waals surface area contributed by atoms with E-state index in [2.05, 4.69) is 15.3 Å². The summed E-state index contributed by atoms with van der Waals surface area (Å²) in [4.78, 5) is 8.31. The first-order chi connectivity index (χ1) is 13.8. The van der Waals surface area contributed by atoms with Crippen LogP contribution in [0.4, 0.5) is 24.7 Å². The second kappa shape index (κ2) is 7.53. The molecule has 1 aromatic heterocycles. The first kappa shape index (κ1) is 19.5. The number of fused-ring (bicyclic) bond motifs is 1. The fourth-order valence-electron chi connectivity index (χ4n) is 3.10. The normalized spacial score (nSPS) is 16.1. The third-order valence-corrected chi connectivity index (χ3v) is 4.81. The summed E-state index contributed by atoms with van der Waals surface area (Å²) in [7, 11) is 0. The molecule has 5 nitrogen and oxygen atoms in total. The molecule has 0 saturated heterocycles. The van der Waals surface area contributed by atoms with Gasteiger partial charge in [-0.2, -0.15) is 13.2 Å². The monoisotopic (exact) mass is 421 g/mol. The third kappa shape index (κ3) is 4.13. The highest BCUT2D eigenvalue weighted by molar-refractivity contribution is 6.32. The molecule has 0 saturated carbocycles. The van der Waals surface area contributed by atoms with E-state index in [4.69, 9.17) is 16.3 Å². The minimum atomic E-state index is -4.39. The molecule has 0 bridgehead atoms. The van der Waals surface area contributed by atoms with E-state index in [1.807, 2.05) is 0 Å². The minimum Gasteiger partial charge on any atom is -0.489 e. The number of aromatic nitrogens is 2. The van der Waals surface area contributed by atoms with Gasteiger partial charge in [0.1, 0.15) is 24.5 Å². The Bertz CT molecular complexity index is 1040. The molecule has 0 amide bonds. The van der Waals surface area contributed by atoms with Crippen molar-refractivity contribution in [2.45, 2.75) is 18.7 Å². The van der Waals surface area contributed by atoms with E-state index in [1.54, 1.807) is 18.2 Å². The van der Waals surface area contributed by atoms with E-state index in [0.29, 0.717) is 40.0 Å². The Hall–Kier alpha value is -2.84. The van der Waals surface area contributed by atoms with Crippen LogP contribution in [0.15, 0.2) is 48.8 Å². The van der Waals surface area contributed by atoms with Gasteiger partial charge in [-0.25, -0.2) is 9.97 Å². The highest BCUT2D eigenvalue weighted by Gasteiger charge is 2.30. The van der Waals surface area contributed by atoms with E-state index < -0.39 is 17.8 Å². The predicted octanol–water partition coefficient (Wildman–Crippen LogP) is 4.86. The Labute approximate surface area is 169 Å².